The minimum absolute atomic E-state index is 0.0780. The fourth-order valence-corrected chi connectivity index (χ4v) is 3.46. The van der Waals surface area contributed by atoms with Gasteiger partial charge in [0.25, 0.3) is 0 Å². The molecule has 0 bridgehead atoms. The number of carbonyl (C=O) groups is 2. The predicted molar refractivity (Wildman–Crippen MR) is 118 cm³/mol. The molecule has 150 valence electrons. The zero-order valence-corrected chi connectivity index (χ0v) is 17.5. The largest absolute Gasteiger partial charge is 0.346 e. The van der Waals surface area contributed by atoms with Crippen LogP contribution in [0.15, 0.2) is 60.7 Å². The Labute approximate surface area is 175 Å². The highest BCUT2D eigenvalue weighted by Crippen LogP contribution is 2.26. The summed E-state index contributed by atoms with van der Waals surface area (Å²) in [4.78, 5) is 26.7. The summed E-state index contributed by atoms with van der Waals surface area (Å²) in [5, 5.41) is 8.14. The monoisotopic (exact) mass is 409 g/mol. The van der Waals surface area contributed by atoms with E-state index in [4.69, 9.17) is 11.6 Å². The summed E-state index contributed by atoms with van der Waals surface area (Å²) in [6, 6.07) is 19.3. The number of hydrogen-bond donors (Lipinski definition) is 2. The molecule has 0 aliphatic heterocycles. The van der Waals surface area contributed by atoms with Gasteiger partial charge < -0.3 is 15.5 Å². The lowest BCUT2D eigenvalue weighted by Crippen LogP contribution is -2.40. The van der Waals surface area contributed by atoms with Crippen molar-refractivity contribution in [2.24, 2.45) is 0 Å². The molecule has 0 aromatic heterocycles. The van der Waals surface area contributed by atoms with Crippen molar-refractivity contribution < 1.29 is 9.59 Å². The van der Waals surface area contributed by atoms with Gasteiger partial charge in [0.05, 0.1) is 6.04 Å². The highest BCUT2D eigenvalue weighted by molar-refractivity contribution is 6.40. The van der Waals surface area contributed by atoms with Crippen LogP contribution >= 0.6 is 11.6 Å². The van der Waals surface area contributed by atoms with Crippen LogP contribution in [0.25, 0.3) is 10.8 Å². The van der Waals surface area contributed by atoms with Gasteiger partial charge in [0, 0.05) is 17.3 Å². The first-order chi connectivity index (χ1) is 13.9. The van der Waals surface area contributed by atoms with Crippen molar-refractivity contribution in [3.63, 3.8) is 0 Å². The molecule has 5 nitrogen and oxygen atoms in total. The number of amides is 2. The van der Waals surface area contributed by atoms with Gasteiger partial charge >= 0.3 is 11.8 Å². The number of aryl methyl sites for hydroxylation is 1. The van der Waals surface area contributed by atoms with Crippen LogP contribution in [0.3, 0.4) is 0 Å². The van der Waals surface area contributed by atoms with Gasteiger partial charge in [0.1, 0.15) is 0 Å². The van der Waals surface area contributed by atoms with E-state index in [-0.39, 0.29) is 6.04 Å². The van der Waals surface area contributed by atoms with E-state index >= 15 is 0 Å². The molecule has 0 spiro atoms. The Morgan fingerprint density at radius 3 is 2.48 bits per heavy atom. The number of nitrogens with zero attached hydrogens (tertiary/aromatic N) is 1. The van der Waals surface area contributed by atoms with Gasteiger partial charge in [0.15, 0.2) is 0 Å². The van der Waals surface area contributed by atoms with Crippen LogP contribution in [0, 0.1) is 6.92 Å². The quantitative estimate of drug-likeness (QED) is 0.622. The number of carbonyl (C=O) groups excluding carboxylic acids is 2. The van der Waals surface area contributed by atoms with Crippen LogP contribution in [-0.4, -0.2) is 37.4 Å². The minimum atomic E-state index is -0.717. The van der Waals surface area contributed by atoms with E-state index in [0.717, 1.165) is 21.9 Å². The zero-order valence-electron chi connectivity index (χ0n) is 16.7. The van der Waals surface area contributed by atoms with E-state index in [9.17, 15) is 9.59 Å². The minimum Gasteiger partial charge on any atom is -0.346 e. The summed E-state index contributed by atoms with van der Waals surface area (Å²) < 4.78 is 0. The summed E-state index contributed by atoms with van der Waals surface area (Å²) >= 11 is 5.98. The molecule has 6 heteroatoms. The Balaban J connectivity index is 1.72. The fourth-order valence-electron chi connectivity index (χ4n) is 3.29. The predicted octanol–water partition coefficient (Wildman–Crippen LogP) is 4.16. The third-order valence-corrected chi connectivity index (χ3v) is 5.15. The Kier molecular flexibility index (Phi) is 6.52. The number of halogens is 1. The molecule has 29 heavy (non-hydrogen) atoms. The maximum atomic E-state index is 12.4. The van der Waals surface area contributed by atoms with Crippen LogP contribution < -0.4 is 10.6 Å². The third-order valence-electron chi connectivity index (χ3n) is 4.92. The van der Waals surface area contributed by atoms with Crippen molar-refractivity contribution in [2.45, 2.75) is 13.0 Å². The fraction of sp³-hybridized carbons (Fsp3) is 0.217. The van der Waals surface area contributed by atoms with Crippen LogP contribution in [0.1, 0.15) is 17.2 Å². The van der Waals surface area contributed by atoms with Gasteiger partial charge in [-0.15, -0.1) is 0 Å². The first-order valence-corrected chi connectivity index (χ1v) is 9.74. The molecule has 2 N–H and O–H groups in total. The van der Waals surface area contributed by atoms with E-state index in [0.29, 0.717) is 17.3 Å². The third kappa shape index (κ3) is 4.94. The molecule has 2 amide bonds. The molecule has 3 aromatic carbocycles. The van der Waals surface area contributed by atoms with Crippen LogP contribution in [0.2, 0.25) is 5.02 Å². The molecular weight excluding hydrogens is 386 g/mol. The van der Waals surface area contributed by atoms with Crippen LogP contribution in [0.5, 0.6) is 0 Å². The second-order valence-corrected chi connectivity index (χ2v) is 7.61. The SMILES string of the molecule is Cc1ccc(Cl)cc1NC(=O)C(=O)NC[C@@H](c1cccc2ccccc12)N(C)C. The highest BCUT2D eigenvalue weighted by atomic mass is 35.5. The number of fused-ring (bicyclic) bond motifs is 1. The van der Waals surface area contributed by atoms with E-state index in [1.807, 2.05) is 44.1 Å². The second-order valence-electron chi connectivity index (χ2n) is 7.17. The van der Waals surface area contributed by atoms with Crippen molar-refractivity contribution in [1.29, 1.82) is 0 Å². The van der Waals surface area contributed by atoms with Crippen LogP contribution in [-0.2, 0) is 9.59 Å². The number of hydrogen-bond acceptors (Lipinski definition) is 3. The molecule has 0 aliphatic carbocycles. The van der Waals surface area contributed by atoms with Crippen LogP contribution in [0.4, 0.5) is 5.69 Å². The maximum absolute atomic E-state index is 12.4. The van der Waals surface area contributed by atoms with E-state index in [1.54, 1.807) is 18.2 Å². The van der Waals surface area contributed by atoms with Gasteiger partial charge in [-0.2, -0.15) is 0 Å². The second kappa shape index (κ2) is 9.07. The molecule has 3 rings (SSSR count). The number of nitrogens with one attached hydrogen (secondary N) is 2. The van der Waals surface area contributed by atoms with Crippen molar-refractivity contribution in [3.8, 4) is 0 Å². The molecule has 0 fully saturated rings. The zero-order chi connectivity index (χ0) is 21.0. The number of anilines is 1. The lowest BCUT2D eigenvalue weighted by atomic mass is 9.98. The summed E-state index contributed by atoms with van der Waals surface area (Å²) in [5.41, 5.74) is 2.45. The van der Waals surface area contributed by atoms with Crippen molar-refractivity contribution in [2.75, 3.05) is 26.0 Å². The Morgan fingerprint density at radius 1 is 1.00 bits per heavy atom. The molecule has 0 saturated heterocycles. The average Bonchev–Trinajstić information content (AvgIpc) is 2.70. The van der Waals surface area contributed by atoms with Gasteiger partial charge in [0.2, 0.25) is 0 Å². The Bertz CT molecular complexity index is 1040. The maximum Gasteiger partial charge on any atom is 0.313 e. The van der Waals surface area contributed by atoms with E-state index in [2.05, 4.69) is 34.9 Å². The van der Waals surface area contributed by atoms with E-state index in [1.165, 1.54) is 0 Å². The topological polar surface area (TPSA) is 61.4 Å². The summed E-state index contributed by atoms with van der Waals surface area (Å²) in [6.07, 6.45) is 0. The number of likely N-dealkylation sites (N-methyl/N-ethyl adjacent to an activating group) is 1. The number of benzene rings is 3. The first-order valence-electron chi connectivity index (χ1n) is 9.36. The summed E-state index contributed by atoms with van der Waals surface area (Å²) in [6.45, 7) is 2.15. The lowest BCUT2D eigenvalue weighted by Gasteiger charge is -2.26. The van der Waals surface area contributed by atoms with Gasteiger partial charge in [-0.3, -0.25) is 9.59 Å². The molecule has 0 aliphatic rings. The average molecular weight is 410 g/mol. The van der Waals surface area contributed by atoms with Crippen molar-refractivity contribution in [1.82, 2.24) is 10.2 Å². The standard InChI is InChI=1S/C23H24ClN3O2/c1-15-11-12-17(24)13-20(15)26-23(29)22(28)25-14-21(27(2)3)19-10-6-8-16-7-4-5-9-18(16)19/h4-13,21H,14H2,1-3H3,(H,25,28)(H,26,29)/t21-/m0/s1. The van der Waals surface area contributed by atoms with Crippen molar-refractivity contribution >= 4 is 39.9 Å². The molecule has 0 heterocycles. The molecule has 0 saturated carbocycles. The summed E-state index contributed by atoms with van der Waals surface area (Å²) in [7, 11) is 3.90. The van der Waals surface area contributed by atoms with Gasteiger partial charge in [-0.05, 0) is 55.1 Å². The molecule has 1 atom stereocenters. The summed E-state index contributed by atoms with van der Waals surface area (Å²) in [5.74, 6) is -1.40. The lowest BCUT2D eigenvalue weighted by molar-refractivity contribution is -0.136. The van der Waals surface area contributed by atoms with Gasteiger partial charge in [-0.25, -0.2) is 0 Å². The molecule has 3 aromatic rings. The number of rotatable bonds is 5. The smallest absolute Gasteiger partial charge is 0.313 e. The Hall–Kier alpha value is -2.89. The molecule has 0 unspecified atom stereocenters. The normalized spacial score (nSPS) is 12.0. The van der Waals surface area contributed by atoms with Gasteiger partial charge in [-0.1, -0.05) is 60.1 Å². The molecular formula is C23H24ClN3O2. The van der Waals surface area contributed by atoms with Crippen molar-refractivity contribution in [3.05, 3.63) is 76.8 Å². The molecule has 0 radical (unpaired) electrons. The highest BCUT2D eigenvalue weighted by Gasteiger charge is 2.20. The van der Waals surface area contributed by atoms with E-state index < -0.39 is 11.8 Å². The Morgan fingerprint density at radius 2 is 1.72 bits per heavy atom. The first kappa shape index (κ1) is 20.8.